The molecule has 17 heavy (non-hydrogen) atoms. The first-order valence-corrected chi connectivity index (χ1v) is 5.24. The number of nitro benzene ring substituents is 1. The van der Waals surface area contributed by atoms with Crippen LogP contribution in [0.3, 0.4) is 0 Å². The maximum Gasteiger partial charge on any atom is 0.270 e. The average molecular weight is 240 g/mol. The SMILES string of the molecule is Cc1cc([N+](=O)[O-])cc(C)c1NCC(O)CO. The number of hydrogen-bond donors (Lipinski definition) is 3. The fourth-order valence-corrected chi connectivity index (χ4v) is 1.61. The minimum atomic E-state index is -0.844. The molecule has 0 spiro atoms. The van der Waals surface area contributed by atoms with Crippen molar-refractivity contribution < 1.29 is 15.1 Å². The number of anilines is 1. The Bertz CT molecular complexity index is 397. The molecule has 94 valence electrons. The lowest BCUT2D eigenvalue weighted by Gasteiger charge is -2.14. The van der Waals surface area contributed by atoms with E-state index in [-0.39, 0.29) is 18.8 Å². The van der Waals surface area contributed by atoms with Crippen molar-refractivity contribution in [1.82, 2.24) is 0 Å². The van der Waals surface area contributed by atoms with Gasteiger partial charge in [-0.25, -0.2) is 0 Å². The third-order valence-electron chi connectivity index (χ3n) is 2.45. The second-order valence-electron chi connectivity index (χ2n) is 3.93. The highest BCUT2D eigenvalue weighted by atomic mass is 16.6. The Labute approximate surface area is 99.0 Å². The number of aliphatic hydroxyl groups excluding tert-OH is 2. The van der Waals surface area contributed by atoms with E-state index in [0.717, 1.165) is 16.8 Å². The fourth-order valence-electron chi connectivity index (χ4n) is 1.61. The Balaban J connectivity index is 2.90. The van der Waals surface area contributed by atoms with E-state index in [0.29, 0.717) is 0 Å². The molecule has 0 bridgehead atoms. The van der Waals surface area contributed by atoms with Gasteiger partial charge in [0.2, 0.25) is 0 Å². The largest absolute Gasteiger partial charge is 0.394 e. The summed E-state index contributed by atoms with van der Waals surface area (Å²) < 4.78 is 0. The van der Waals surface area contributed by atoms with Gasteiger partial charge >= 0.3 is 0 Å². The van der Waals surface area contributed by atoms with E-state index in [4.69, 9.17) is 5.11 Å². The summed E-state index contributed by atoms with van der Waals surface area (Å²) in [5.41, 5.74) is 2.28. The zero-order valence-corrected chi connectivity index (χ0v) is 9.80. The summed E-state index contributed by atoms with van der Waals surface area (Å²) in [7, 11) is 0. The molecular formula is C11H16N2O4. The lowest BCUT2D eigenvalue weighted by Crippen LogP contribution is -2.23. The summed E-state index contributed by atoms with van der Waals surface area (Å²) in [4.78, 5) is 10.2. The van der Waals surface area contributed by atoms with Gasteiger partial charge in [0.25, 0.3) is 5.69 Å². The van der Waals surface area contributed by atoms with E-state index >= 15 is 0 Å². The van der Waals surface area contributed by atoms with E-state index in [1.54, 1.807) is 13.8 Å². The number of aliphatic hydroxyl groups is 2. The molecule has 0 heterocycles. The maximum atomic E-state index is 10.6. The quantitative estimate of drug-likeness (QED) is 0.526. The molecule has 0 saturated heterocycles. The van der Waals surface area contributed by atoms with Crippen LogP contribution in [0.4, 0.5) is 11.4 Å². The Morgan fingerprint density at radius 1 is 1.41 bits per heavy atom. The van der Waals surface area contributed by atoms with Crippen LogP contribution in [-0.4, -0.2) is 34.4 Å². The standard InChI is InChI=1S/C11H16N2O4/c1-7-3-9(13(16)17)4-8(2)11(7)12-5-10(15)6-14/h3-4,10,12,14-15H,5-6H2,1-2H3. The molecule has 0 aliphatic heterocycles. The number of nitro groups is 1. The number of non-ortho nitro benzene ring substituents is 1. The van der Waals surface area contributed by atoms with Gasteiger partial charge in [0, 0.05) is 24.4 Å². The van der Waals surface area contributed by atoms with E-state index in [2.05, 4.69) is 5.32 Å². The van der Waals surface area contributed by atoms with Crippen molar-refractivity contribution in [3.8, 4) is 0 Å². The zero-order chi connectivity index (χ0) is 13.0. The van der Waals surface area contributed by atoms with Crippen LogP contribution in [0, 0.1) is 24.0 Å². The molecule has 3 N–H and O–H groups in total. The van der Waals surface area contributed by atoms with Gasteiger partial charge in [0.15, 0.2) is 0 Å². The van der Waals surface area contributed by atoms with Crippen LogP contribution in [0.2, 0.25) is 0 Å². The molecule has 0 radical (unpaired) electrons. The van der Waals surface area contributed by atoms with Crippen molar-refractivity contribution in [3.63, 3.8) is 0 Å². The first kappa shape index (κ1) is 13.4. The third kappa shape index (κ3) is 3.40. The molecule has 0 aliphatic rings. The van der Waals surface area contributed by atoms with Crippen LogP contribution in [0.1, 0.15) is 11.1 Å². The number of nitrogens with zero attached hydrogens (tertiary/aromatic N) is 1. The molecule has 1 aromatic rings. The van der Waals surface area contributed by atoms with Crippen molar-refractivity contribution in [2.24, 2.45) is 0 Å². The molecule has 0 amide bonds. The number of rotatable bonds is 5. The molecule has 1 atom stereocenters. The smallest absolute Gasteiger partial charge is 0.270 e. The normalized spacial score (nSPS) is 12.2. The molecule has 0 aromatic heterocycles. The summed E-state index contributed by atoms with van der Waals surface area (Å²) in [6.07, 6.45) is -0.844. The second-order valence-corrected chi connectivity index (χ2v) is 3.93. The fraction of sp³-hybridized carbons (Fsp3) is 0.455. The molecule has 0 fully saturated rings. The van der Waals surface area contributed by atoms with Crippen molar-refractivity contribution in [3.05, 3.63) is 33.4 Å². The summed E-state index contributed by atoms with van der Waals surface area (Å²) in [6, 6.07) is 2.95. The lowest BCUT2D eigenvalue weighted by atomic mass is 10.1. The molecule has 0 aliphatic carbocycles. The van der Waals surface area contributed by atoms with Gasteiger partial charge in [-0.2, -0.15) is 0 Å². The summed E-state index contributed by atoms with van der Waals surface area (Å²) in [6.45, 7) is 3.40. The van der Waals surface area contributed by atoms with Crippen LogP contribution in [-0.2, 0) is 0 Å². The van der Waals surface area contributed by atoms with Crippen molar-refractivity contribution in [1.29, 1.82) is 0 Å². The topological polar surface area (TPSA) is 95.6 Å². The van der Waals surface area contributed by atoms with Gasteiger partial charge in [-0.05, 0) is 25.0 Å². The lowest BCUT2D eigenvalue weighted by molar-refractivity contribution is -0.384. The zero-order valence-electron chi connectivity index (χ0n) is 9.80. The highest BCUT2D eigenvalue weighted by Crippen LogP contribution is 2.25. The Kier molecular flexibility index (Phi) is 4.42. The van der Waals surface area contributed by atoms with E-state index in [1.807, 2.05) is 0 Å². The summed E-state index contributed by atoms with van der Waals surface area (Å²) in [5.74, 6) is 0. The maximum absolute atomic E-state index is 10.6. The van der Waals surface area contributed by atoms with Gasteiger partial charge in [-0.1, -0.05) is 0 Å². The molecule has 6 nitrogen and oxygen atoms in total. The van der Waals surface area contributed by atoms with Gasteiger partial charge < -0.3 is 15.5 Å². The molecular weight excluding hydrogens is 224 g/mol. The summed E-state index contributed by atoms with van der Waals surface area (Å²) >= 11 is 0. The molecule has 0 saturated carbocycles. The number of aryl methyl sites for hydroxylation is 2. The first-order chi connectivity index (χ1) is 7.95. The van der Waals surface area contributed by atoms with E-state index in [9.17, 15) is 15.2 Å². The molecule has 1 unspecified atom stereocenters. The second kappa shape index (κ2) is 5.60. The van der Waals surface area contributed by atoms with Gasteiger partial charge in [-0.15, -0.1) is 0 Å². The highest BCUT2D eigenvalue weighted by Gasteiger charge is 2.12. The highest BCUT2D eigenvalue weighted by molar-refractivity contribution is 5.61. The third-order valence-corrected chi connectivity index (χ3v) is 2.45. The Hall–Kier alpha value is -1.66. The molecule has 1 rings (SSSR count). The predicted octanol–water partition coefficient (Wildman–Crippen LogP) is 0.977. The average Bonchev–Trinajstić information content (AvgIpc) is 2.27. The number of hydrogen-bond acceptors (Lipinski definition) is 5. The molecule has 6 heteroatoms. The number of benzene rings is 1. The van der Waals surface area contributed by atoms with Crippen LogP contribution >= 0.6 is 0 Å². The van der Waals surface area contributed by atoms with Gasteiger partial charge in [0.05, 0.1) is 17.6 Å². The van der Waals surface area contributed by atoms with E-state index < -0.39 is 11.0 Å². The Morgan fingerprint density at radius 3 is 2.35 bits per heavy atom. The minimum absolute atomic E-state index is 0.0493. The molecule has 1 aromatic carbocycles. The van der Waals surface area contributed by atoms with Crippen LogP contribution < -0.4 is 5.32 Å². The minimum Gasteiger partial charge on any atom is -0.394 e. The van der Waals surface area contributed by atoms with Crippen LogP contribution in [0.5, 0.6) is 0 Å². The van der Waals surface area contributed by atoms with Crippen LogP contribution in [0.15, 0.2) is 12.1 Å². The van der Waals surface area contributed by atoms with Crippen molar-refractivity contribution in [2.75, 3.05) is 18.5 Å². The van der Waals surface area contributed by atoms with Crippen LogP contribution in [0.25, 0.3) is 0 Å². The number of nitrogens with one attached hydrogen (secondary N) is 1. The van der Waals surface area contributed by atoms with Crippen molar-refractivity contribution in [2.45, 2.75) is 20.0 Å². The Morgan fingerprint density at radius 2 is 1.94 bits per heavy atom. The monoisotopic (exact) mass is 240 g/mol. The van der Waals surface area contributed by atoms with Gasteiger partial charge in [-0.3, -0.25) is 10.1 Å². The summed E-state index contributed by atoms with van der Waals surface area (Å²) in [5, 5.41) is 31.5. The van der Waals surface area contributed by atoms with Crippen molar-refractivity contribution >= 4 is 11.4 Å². The first-order valence-electron chi connectivity index (χ1n) is 5.24. The van der Waals surface area contributed by atoms with Gasteiger partial charge in [0.1, 0.15) is 0 Å². The predicted molar refractivity (Wildman–Crippen MR) is 64.2 cm³/mol. The van der Waals surface area contributed by atoms with E-state index in [1.165, 1.54) is 12.1 Å².